The Bertz CT molecular complexity index is 858. The van der Waals surface area contributed by atoms with Crippen molar-refractivity contribution < 1.29 is 0 Å². The Morgan fingerprint density at radius 1 is 1.10 bits per heavy atom. The van der Waals surface area contributed by atoms with Gasteiger partial charge in [0, 0.05) is 5.71 Å². The summed E-state index contributed by atoms with van der Waals surface area (Å²) >= 11 is 0. The summed E-state index contributed by atoms with van der Waals surface area (Å²) in [5.74, 6) is 0.720. The molecule has 1 aliphatic rings. The van der Waals surface area contributed by atoms with Crippen molar-refractivity contribution in [1.82, 2.24) is 5.32 Å². The van der Waals surface area contributed by atoms with Gasteiger partial charge in [0.15, 0.2) is 0 Å². The molecule has 0 saturated heterocycles. The van der Waals surface area contributed by atoms with Crippen LogP contribution >= 0.6 is 0 Å². The van der Waals surface area contributed by atoms with E-state index in [4.69, 9.17) is 10.3 Å². The van der Waals surface area contributed by atoms with Gasteiger partial charge in [0.1, 0.15) is 0 Å². The van der Waals surface area contributed by atoms with E-state index < -0.39 is 0 Å². The zero-order valence-corrected chi connectivity index (χ0v) is 19.4. The molecule has 1 saturated carbocycles. The summed E-state index contributed by atoms with van der Waals surface area (Å²) in [6.07, 6.45) is 7.98. The maximum Gasteiger partial charge on any atom is 0.0991 e. The molecule has 1 aliphatic carbocycles. The van der Waals surface area contributed by atoms with Gasteiger partial charge in [0.2, 0.25) is 0 Å². The molecular formula is C27H37N3. The van der Waals surface area contributed by atoms with Crippen molar-refractivity contribution >= 4 is 11.4 Å². The molecule has 0 amide bonds. The molecule has 2 aromatic carbocycles. The summed E-state index contributed by atoms with van der Waals surface area (Å²) in [6, 6.07) is 14.5. The first-order valence-electron chi connectivity index (χ1n) is 11.3. The minimum atomic E-state index is 0.674. The molecule has 30 heavy (non-hydrogen) atoms. The van der Waals surface area contributed by atoms with Crippen molar-refractivity contribution in [1.29, 1.82) is 5.26 Å². The van der Waals surface area contributed by atoms with Gasteiger partial charge < -0.3 is 5.32 Å². The number of nitrogens with one attached hydrogen (secondary N) is 1. The SMILES string of the molecule is CC(=Nc1c(C)cc(C2CCCCC2)cc1C)c1cccc(C#N)c1.CCCNC. The Morgan fingerprint density at radius 2 is 1.77 bits per heavy atom. The number of nitrogens with zero attached hydrogens (tertiary/aromatic N) is 2. The molecule has 0 unspecified atom stereocenters. The average Bonchev–Trinajstić information content (AvgIpc) is 2.77. The quantitative estimate of drug-likeness (QED) is 0.547. The highest BCUT2D eigenvalue weighted by molar-refractivity contribution is 6.00. The molecule has 0 aromatic heterocycles. The van der Waals surface area contributed by atoms with E-state index in [2.05, 4.69) is 44.3 Å². The van der Waals surface area contributed by atoms with Crippen LogP contribution in [0.1, 0.15) is 86.1 Å². The highest BCUT2D eigenvalue weighted by Gasteiger charge is 2.17. The molecule has 0 radical (unpaired) electrons. The summed E-state index contributed by atoms with van der Waals surface area (Å²) in [7, 11) is 1.96. The fraction of sp³-hybridized carbons (Fsp3) is 0.481. The normalized spacial score (nSPS) is 14.6. The second kappa shape index (κ2) is 12.3. The number of hydrogen-bond acceptors (Lipinski definition) is 3. The summed E-state index contributed by atoms with van der Waals surface area (Å²) in [5.41, 5.74) is 7.68. The maximum atomic E-state index is 9.09. The Hall–Kier alpha value is -2.44. The first kappa shape index (κ1) is 23.8. The molecule has 0 aliphatic heterocycles. The highest BCUT2D eigenvalue weighted by Crippen LogP contribution is 2.36. The van der Waals surface area contributed by atoms with E-state index in [1.165, 1.54) is 55.2 Å². The van der Waals surface area contributed by atoms with Crippen LogP contribution in [0.5, 0.6) is 0 Å². The summed E-state index contributed by atoms with van der Waals surface area (Å²) in [4.78, 5) is 4.90. The molecule has 2 aromatic rings. The fourth-order valence-corrected chi connectivity index (χ4v) is 4.13. The Kier molecular flexibility index (Phi) is 9.77. The fourth-order valence-electron chi connectivity index (χ4n) is 4.13. The van der Waals surface area contributed by atoms with Crippen LogP contribution in [0.4, 0.5) is 5.69 Å². The van der Waals surface area contributed by atoms with Gasteiger partial charge in [-0.2, -0.15) is 5.26 Å². The number of aryl methyl sites for hydroxylation is 2. The van der Waals surface area contributed by atoms with Crippen LogP contribution in [0.15, 0.2) is 41.4 Å². The van der Waals surface area contributed by atoms with Crippen molar-refractivity contribution in [2.45, 2.75) is 72.1 Å². The van der Waals surface area contributed by atoms with Gasteiger partial charge in [0.05, 0.1) is 17.3 Å². The zero-order chi connectivity index (χ0) is 21.9. The van der Waals surface area contributed by atoms with E-state index in [9.17, 15) is 0 Å². The second-order valence-electron chi connectivity index (χ2n) is 8.33. The highest BCUT2D eigenvalue weighted by atomic mass is 14.8. The Labute approximate surface area is 183 Å². The molecule has 0 spiro atoms. The lowest BCUT2D eigenvalue weighted by Gasteiger charge is -2.23. The van der Waals surface area contributed by atoms with Crippen LogP contribution in [-0.2, 0) is 0 Å². The number of aliphatic imine (C=N–C) groups is 1. The molecule has 3 heteroatoms. The van der Waals surface area contributed by atoms with Gasteiger partial charge in [-0.05, 0) is 93.9 Å². The van der Waals surface area contributed by atoms with Crippen LogP contribution in [0.3, 0.4) is 0 Å². The number of benzene rings is 2. The van der Waals surface area contributed by atoms with Crippen molar-refractivity contribution in [3.8, 4) is 6.07 Å². The number of nitriles is 1. The van der Waals surface area contributed by atoms with Crippen LogP contribution in [0, 0.1) is 25.2 Å². The minimum absolute atomic E-state index is 0.674. The molecule has 160 valence electrons. The van der Waals surface area contributed by atoms with Crippen molar-refractivity contribution in [3.63, 3.8) is 0 Å². The molecule has 1 N–H and O–H groups in total. The van der Waals surface area contributed by atoms with E-state index in [1.54, 1.807) is 0 Å². The number of hydrogen-bond donors (Lipinski definition) is 1. The van der Waals surface area contributed by atoms with E-state index in [-0.39, 0.29) is 0 Å². The van der Waals surface area contributed by atoms with E-state index in [0.29, 0.717) is 5.56 Å². The maximum absolute atomic E-state index is 9.09. The first-order valence-corrected chi connectivity index (χ1v) is 11.3. The standard InChI is InChI=1S/C23H26N2.C4H11N/c1-16-12-22(20-9-5-4-6-10-20)13-17(2)23(16)25-18(3)21-11-7-8-19(14-21)15-24;1-3-4-5-2/h7-8,11-14,20H,4-6,9-10H2,1-3H3;5H,3-4H2,1-2H3. The minimum Gasteiger partial charge on any atom is -0.320 e. The third-order valence-electron chi connectivity index (χ3n) is 5.78. The third-order valence-corrected chi connectivity index (χ3v) is 5.78. The molecule has 0 atom stereocenters. The van der Waals surface area contributed by atoms with Crippen LogP contribution in [0.25, 0.3) is 0 Å². The van der Waals surface area contributed by atoms with Crippen LogP contribution in [0.2, 0.25) is 0 Å². The molecular weight excluding hydrogens is 366 g/mol. The molecule has 0 bridgehead atoms. The lowest BCUT2D eigenvalue weighted by molar-refractivity contribution is 0.443. The van der Waals surface area contributed by atoms with Gasteiger partial charge >= 0.3 is 0 Å². The Morgan fingerprint density at radius 3 is 2.30 bits per heavy atom. The van der Waals surface area contributed by atoms with Crippen molar-refractivity contribution in [2.24, 2.45) is 4.99 Å². The molecule has 3 nitrogen and oxygen atoms in total. The topological polar surface area (TPSA) is 48.2 Å². The van der Waals surface area contributed by atoms with E-state index in [1.807, 2.05) is 38.2 Å². The Balaban J connectivity index is 0.000000575. The van der Waals surface area contributed by atoms with Crippen LogP contribution < -0.4 is 5.32 Å². The molecule has 0 heterocycles. The van der Waals surface area contributed by atoms with Crippen LogP contribution in [-0.4, -0.2) is 19.3 Å². The average molecular weight is 404 g/mol. The predicted molar refractivity (Wildman–Crippen MR) is 129 cm³/mol. The lowest BCUT2D eigenvalue weighted by Crippen LogP contribution is -2.05. The monoisotopic (exact) mass is 403 g/mol. The van der Waals surface area contributed by atoms with E-state index in [0.717, 1.165) is 29.4 Å². The summed E-state index contributed by atoms with van der Waals surface area (Å²) in [6.45, 7) is 9.63. The number of rotatable bonds is 5. The smallest absolute Gasteiger partial charge is 0.0991 e. The third kappa shape index (κ3) is 6.82. The van der Waals surface area contributed by atoms with Gasteiger partial charge in [0.25, 0.3) is 0 Å². The summed E-state index contributed by atoms with van der Waals surface area (Å²) < 4.78 is 0. The lowest BCUT2D eigenvalue weighted by atomic mass is 9.83. The first-order chi connectivity index (χ1) is 14.5. The van der Waals surface area contributed by atoms with Crippen molar-refractivity contribution in [3.05, 3.63) is 64.2 Å². The predicted octanol–water partition coefficient (Wildman–Crippen LogP) is 6.98. The second-order valence-corrected chi connectivity index (χ2v) is 8.33. The van der Waals surface area contributed by atoms with Crippen molar-refractivity contribution in [2.75, 3.05) is 13.6 Å². The molecule has 1 fully saturated rings. The summed E-state index contributed by atoms with van der Waals surface area (Å²) in [5, 5.41) is 12.1. The van der Waals surface area contributed by atoms with E-state index >= 15 is 0 Å². The van der Waals surface area contributed by atoms with Gasteiger partial charge in [-0.1, -0.05) is 50.5 Å². The van der Waals surface area contributed by atoms with Gasteiger partial charge in [-0.3, -0.25) is 4.99 Å². The largest absolute Gasteiger partial charge is 0.320 e. The van der Waals surface area contributed by atoms with Gasteiger partial charge in [-0.25, -0.2) is 0 Å². The van der Waals surface area contributed by atoms with Gasteiger partial charge in [-0.15, -0.1) is 0 Å². The molecule has 3 rings (SSSR count). The zero-order valence-electron chi connectivity index (χ0n) is 19.4.